The number of unbranched alkanes of at least 4 members (excludes halogenated alkanes) is 2. The Balaban J connectivity index is 2.34. The number of hydrogen-bond donors (Lipinski definition) is 0. The van der Waals surface area contributed by atoms with Gasteiger partial charge in [0.1, 0.15) is 0 Å². The molecule has 0 saturated heterocycles. The molecule has 0 aliphatic rings. The summed E-state index contributed by atoms with van der Waals surface area (Å²) >= 11 is 0. The molecule has 0 saturated carbocycles. The van der Waals surface area contributed by atoms with Crippen molar-refractivity contribution in [2.75, 3.05) is 0 Å². The number of carbonyl (C=O) groups excluding carboxylic acids is 1. The molecule has 1 aromatic rings. The highest BCUT2D eigenvalue weighted by Gasteiger charge is 1.95. The molecule has 2 nitrogen and oxygen atoms in total. The lowest BCUT2D eigenvalue weighted by Crippen LogP contribution is -1.91. The third kappa shape index (κ3) is 5.11. The molecule has 0 fully saturated rings. The number of rotatable bonds is 6. The van der Waals surface area contributed by atoms with Crippen LogP contribution < -0.4 is 0 Å². The van der Waals surface area contributed by atoms with Gasteiger partial charge in [-0.15, -0.1) is 0 Å². The van der Waals surface area contributed by atoms with Gasteiger partial charge in [0, 0.05) is 18.8 Å². The van der Waals surface area contributed by atoms with Crippen LogP contribution in [0.5, 0.6) is 0 Å². The Bertz CT molecular complexity index is 317. The van der Waals surface area contributed by atoms with E-state index in [1.54, 1.807) is 18.5 Å². The van der Waals surface area contributed by atoms with Crippen molar-refractivity contribution in [3.8, 4) is 0 Å². The molecule has 0 bridgehead atoms. The number of pyridine rings is 1. The Hall–Kier alpha value is -1.44. The highest BCUT2D eigenvalue weighted by Crippen LogP contribution is 2.03. The molecule has 1 rings (SSSR count). The molecule has 0 amide bonds. The zero-order valence-corrected chi connectivity index (χ0v) is 9.15. The first kappa shape index (κ1) is 11.6. The van der Waals surface area contributed by atoms with Crippen LogP contribution in [-0.2, 0) is 4.79 Å². The summed E-state index contributed by atoms with van der Waals surface area (Å²) in [4.78, 5) is 15.4. The largest absolute Gasteiger partial charge is 0.295 e. The monoisotopic (exact) mass is 203 g/mol. The van der Waals surface area contributed by atoms with Gasteiger partial charge in [0.25, 0.3) is 0 Å². The van der Waals surface area contributed by atoms with E-state index in [1.807, 2.05) is 18.2 Å². The predicted molar refractivity (Wildman–Crippen MR) is 62.4 cm³/mol. The molecule has 0 radical (unpaired) electrons. The van der Waals surface area contributed by atoms with E-state index in [1.165, 1.54) is 0 Å². The Morgan fingerprint density at radius 1 is 1.47 bits per heavy atom. The van der Waals surface area contributed by atoms with Gasteiger partial charge < -0.3 is 0 Å². The summed E-state index contributed by atoms with van der Waals surface area (Å²) in [7, 11) is 0. The molecule has 0 aliphatic carbocycles. The number of hydrogen-bond acceptors (Lipinski definition) is 2. The van der Waals surface area contributed by atoms with Crippen molar-refractivity contribution in [2.24, 2.45) is 0 Å². The third-order valence-corrected chi connectivity index (χ3v) is 2.17. The lowest BCUT2D eigenvalue weighted by atomic mass is 10.1. The maximum absolute atomic E-state index is 11.4. The molecule has 0 unspecified atom stereocenters. The Labute approximate surface area is 91.0 Å². The van der Waals surface area contributed by atoms with Gasteiger partial charge in [0.05, 0.1) is 0 Å². The Kier molecular flexibility index (Phi) is 5.38. The van der Waals surface area contributed by atoms with Crippen LogP contribution in [-0.4, -0.2) is 10.8 Å². The maximum atomic E-state index is 11.4. The SMILES string of the molecule is CCCCCC(=O)C=Cc1cccnc1. The summed E-state index contributed by atoms with van der Waals surface area (Å²) in [6.45, 7) is 2.13. The lowest BCUT2D eigenvalue weighted by Gasteiger charge is -1.94. The van der Waals surface area contributed by atoms with E-state index >= 15 is 0 Å². The van der Waals surface area contributed by atoms with Gasteiger partial charge in [-0.25, -0.2) is 0 Å². The number of aromatic nitrogens is 1. The van der Waals surface area contributed by atoms with Crippen molar-refractivity contribution in [1.29, 1.82) is 0 Å². The standard InChI is InChI=1S/C13H17NO/c1-2-3-4-7-13(15)9-8-12-6-5-10-14-11-12/h5-6,8-11H,2-4,7H2,1H3. The first-order valence-corrected chi connectivity index (χ1v) is 5.44. The van der Waals surface area contributed by atoms with Gasteiger partial charge in [-0.1, -0.05) is 25.8 Å². The lowest BCUT2D eigenvalue weighted by molar-refractivity contribution is -0.114. The quantitative estimate of drug-likeness (QED) is 0.524. The molecular formula is C13H17NO. The minimum atomic E-state index is 0.201. The summed E-state index contributed by atoms with van der Waals surface area (Å²) in [5.74, 6) is 0.201. The zero-order valence-electron chi connectivity index (χ0n) is 9.15. The highest BCUT2D eigenvalue weighted by molar-refractivity contribution is 5.93. The van der Waals surface area contributed by atoms with Gasteiger partial charge in [-0.2, -0.15) is 0 Å². The van der Waals surface area contributed by atoms with E-state index in [0.717, 1.165) is 24.8 Å². The van der Waals surface area contributed by atoms with Crippen molar-refractivity contribution < 1.29 is 4.79 Å². The topological polar surface area (TPSA) is 30.0 Å². The maximum Gasteiger partial charge on any atom is 0.155 e. The first-order valence-electron chi connectivity index (χ1n) is 5.44. The van der Waals surface area contributed by atoms with E-state index in [0.29, 0.717) is 6.42 Å². The van der Waals surface area contributed by atoms with Crippen LogP contribution in [0.1, 0.15) is 38.2 Å². The minimum absolute atomic E-state index is 0.201. The van der Waals surface area contributed by atoms with Crippen LogP contribution in [0.15, 0.2) is 30.6 Å². The summed E-state index contributed by atoms with van der Waals surface area (Å²) in [5.41, 5.74) is 0.973. The van der Waals surface area contributed by atoms with E-state index in [9.17, 15) is 4.79 Å². The molecule has 1 heterocycles. The first-order chi connectivity index (χ1) is 7.33. The fraction of sp³-hybridized carbons (Fsp3) is 0.385. The number of nitrogens with zero attached hydrogens (tertiary/aromatic N) is 1. The van der Waals surface area contributed by atoms with Crippen LogP contribution >= 0.6 is 0 Å². The van der Waals surface area contributed by atoms with Crippen LogP contribution in [0.4, 0.5) is 0 Å². The number of ketones is 1. The van der Waals surface area contributed by atoms with Crippen LogP contribution in [0.25, 0.3) is 6.08 Å². The molecule has 0 spiro atoms. The van der Waals surface area contributed by atoms with E-state index < -0.39 is 0 Å². The summed E-state index contributed by atoms with van der Waals surface area (Å²) in [5, 5.41) is 0. The van der Waals surface area contributed by atoms with Crippen molar-refractivity contribution in [3.63, 3.8) is 0 Å². The third-order valence-electron chi connectivity index (χ3n) is 2.17. The second-order valence-electron chi connectivity index (χ2n) is 3.54. The van der Waals surface area contributed by atoms with Gasteiger partial charge in [0.2, 0.25) is 0 Å². The van der Waals surface area contributed by atoms with Gasteiger partial charge in [-0.3, -0.25) is 9.78 Å². The zero-order chi connectivity index (χ0) is 10.9. The van der Waals surface area contributed by atoms with Crippen molar-refractivity contribution in [2.45, 2.75) is 32.6 Å². The Morgan fingerprint density at radius 3 is 3.00 bits per heavy atom. The number of allylic oxidation sites excluding steroid dienone is 1. The predicted octanol–water partition coefficient (Wildman–Crippen LogP) is 3.24. The molecule has 0 atom stereocenters. The summed E-state index contributed by atoms with van der Waals surface area (Å²) in [6, 6.07) is 3.80. The van der Waals surface area contributed by atoms with Crippen LogP contribution in [0, 0.1) is 0 Å². The minimum Gasteiger partial charge on any atom is -0.295 e. The van der Waals surface area contributed by atoms with Crippen LogP contribution in [0.2, 0.25) is 0 Å². The second-order valence-corrected chi connectivity index (χ2v) is 3.54. The Morgan fingerprint density at radius 2 is 2.33 bits per heavy atom. The molecule has 0 aliphatic heterocycles. The average Bonchev–Trinajstić information content (AvgIpc) is 2.28. The molecule has 0 aromatic carbocycles. The summed E-state index contributed by atoms with van der Waals surface area (Å²) in [6.07, 6.45) is 10.9. The van der Waals surface area contributed by atoms with Crippen molar-refractivity contribution in [1.82, 2.24) is 4.98 Å². The average molecular weight is 203 g/mol. The fourth-order valence-electron chi connectivity index (χ4n) is 1.30. The van der Waals surface area contributed by atoms with Crippen molar-refractivity contribution in [3.05, 3.63) is 36.2 Å². The van der Waals surface area contributed by atoms with E-state index in [4.69, 9.17) is 0 Å². The smallest absolute Gasteiger partial charge is 0.155 e. The highest BCUT2D eigenvalue weighted by atomic mass is 16.1. The summed E-state index contributed by atoms with van der Waals surface area (Å²) < 4.78 is 0. The number of carbonyl (C=O) groups is 1. The van der Waals surface area contributed by atoms with Gasteiger partial charge >= 0.3 is 0 Å². The van der Waals surface area contributed by atoms with Gasteiger partial charge in [-0.05, 0) is 30.2 Å². The van der Waals surface area contributed by atoms with E-state index in [-0.39, 0.29) is 5.78 Å². The van der Waals surface area contributed by atoms with Crippen molar-refractivity contribution >= 4 is 11.9 Å². The van der Waals surface area contributed by atoms with Crippen LogP contribution in [0.3, 0.4) is 0 Å². The second kappa shape index (κ2) is 6.93. The molecule has 1 aromatic heterocycles. The molecule has 15 heavy (non-hydrogen) atoms. The fourth-order valence-corrected chi connectivity index (χ4v) is 1.30. The molecule has 0 N–H and O–H groups in total. The molecular weight excluding hydrogens is 186 g/mol. The molecule has 80 valence electrons. The van der Waals surface area contributed by atoms with E-state index in [2.05, 4.69) is 11.9 Å². The molecule has 2 heteroatoms. The van der Waals surface area contributed by atoms with Gasteiger partial charge in [0.15, 0.2) is 5.78 Å². The normalized spacial score (nSPS) is 10.7.